The fraction of sp³-hybridized carbons (Fsp3) is 0.731. The van der Waals surface area contributed by atoms with Crippen molar-refractivity contribution in [2.45, 2.75) is 117 Å². The number of aliphatic hydroxyl groups is 2. The lowest BCUT2D eigenvalue weighted by molar-refractivity contribution is -0.326. The van der Waals surface area contributed by atoms with E-state index in [0.29, 0.717) is 0 Å². The van der Waals surface area contributed by atoms with E-state index in [9.17, 15) is 15.0 Å². The maximum Gasteiger partial charge on any atom is 0.331 e. The maximum atomic E-state index is 12.2. The predicted octanol–water partition coefficient (Wildman–Crippen LogP) is 4.60. The standard InChI is InChI=1S/C26H42O6/c1-16(2)9-8-14-26(7,20-12-10-18(5)11-13-20)32-25-23(29)24(22(28)19(6)30-25)31-21(27)15-17(3)4/h9-10,15,19-20,22-25,28-29H,8,11-14H2,1-7H3/t19-,20+,22+,23-,24+,25+,26+/m1/s1. The van der Waals surface area contributed by atoms with Crippen molar-refractivity contribution in [3.63, 3.8) is 0 Å². The summed E-state index contributed by atoms with van der Waals surface area (Å²) in [7, 11) is 0. The van der Waals surface area contributed by atoms with E-state index in [-0.39, 0.29) is 5.92 Å². The summed E-state index contributed by atoms with van der Waals surface area (Å²) in [5.74, 6) is -0.318. The van der Waals surface area contributed by atoms with E-state index in [1.165, 1.54) is 17.2 Å². The molecule has 1 heterocycles. The van der Waals surface area contributed by atoms with Gasteiger partial charge in [-0.2, -0.15) is 0 Å². The number of hydrogen-bond acceptors (Lipinski definition) is 6. The van der Waals surface area contributed by atoms with Crippen LogP contribution in [-0.2, 0) is 19.0 Å². The smallest absolute Gasteiger partial charge is 0.331 e. The van der Waals surface area contributed by atoms with Crippen LogP contribution in [0.4, 0.5) is 0 Å². The Morgan fingerprint density at radius 3 is 2.47 bits per heavy atom. The molecule has 7 atom stereocenters. The Balaban J connectivity index is 2.23. The molecule has 1 fully saturated rings. The summed E-state index contributed by atoms with van der Waals surface area (Å²) in [5.41, 5.74) is 2.89. The van der Waals surface area contributed by atoms with Crippen LogP contribution < -0.4 is 0 Å². The zero-order valence-electron chi connectivity index (χ0n) is 20.8. The van der Waals surface area contributed by atoms with Crippen LogP contribution in [0.2, 0.25) is 0 Å². The number of esters is 1. The van der Waals surface area contributed by atoms with Gasteiger partial charge in [-0.05, 0) is 86.5 Å². The minimum absolute atomic E-state index is 0.279. The van der Waals surface area contributed by atoms with Gasteiger partial charge in [-0.25, -0.2) is 4.79 Å². The van der Waals surface area contributed by atoms with Crippen molar-refractivity contribution in [3.05, 3.63) is 34.9 Å². The van der Waals surface area contributed by atoms with Crippen molar-refractivity contribution in [2.75, 3.05) is 0 Å². The van der Waals surface area contributed by atoms with Gasteiger partial charge in [0, 0.05) is 6.08 Å². The van der Waals surface area contributed by atoms with Crippen LogP contribution in [0.1, 0.15) is 80.6 Å². The number of aliphatic hydroxyl groups excluding tert-OH is 2. The molecule has 0 aromatic heterocycles. The minimum atomic E-state index is -1.29. The fourth-order valence-corrected chi connectivity index (χ4v) is 4.43. The summed E-state index contributed by atoms with van der Waals surface area (Å²) in [6.07, 6.45) is 5.19. The van der Waals surface area contributed by atoms with Gasteiger partial charge in [0.25, 0.3) is 0 Å². The molecular weight excluding hydrogens is 408 g/mol. The molecule has 32 heavy (non-hydrogen) atoms. The molecule has 0 spiro atoms. The van der Waals surface area contributed by atoms with Gasteiger partial charge < -0.3 is 24.4 Å². The minimum Gasteiger partial charge on any atom is -0.453 e. The third-order valence-corrected chi connectivity index (χ3v) is 6.52. The zero-order chi connectivity index (χ0) is 24.1. The Morgan fingerprint density at radius 1 is 1.22 bits per heavy atom. The molecule has 1 aliphatic heterocycles. The van der Waals surface area contributed by atoms with Crippen LogP contribution in [0.25, 0.3) is 0 Å². The Morgan fingerprint density at radius 2 is 1.91 bits per heavy atom. The molecule has 1 saturated heterocycles. The molecule has 0 radical (unpaired) electrons. The Bertz CT molecular complexity index is 731. The average molecular weight is 451 g/mol. The molecule has 0 amide bonds. The molecule has 2 aliphatic rings. The molecule has 0 unspecified atom stereocenters. The second-order valence-electron chi connectivity index (χ2n) is 10.1. The van der Waals surface area contributed by atoms with E-state index < -0.39 is 42.3 Å². The Labute approximate surface area is 193 Å². The van der Waals surface area contributed by atoms with Crippen LogP contribution in [0.3, 0.4) is 0 Å². The highest BCUT2D eigenvalue weighted by molar-refractivity contribution is 5.82. The first kappa shape index (κ1) is 26.8. The quantitative estimate of drug-likeness (QED) is 0.319. The van der Waals surface area contributed by atoms with Crippen molar-refractivity contribution in [1.29, 1.82) is 0 Å². The molecule has 0 saturated carbocycles. The molecule has 6 nitrogen and oxygen atoms in total. The largest absolute Gasteiger partial charge is 0.453 e. The van der Waals surface area contributed by atoms with E-state index >= 15 is 0 Å². The van der Waals surface area contributed by atoms with Gasteiger partial charge >= 0.3 is 5.97 Å². The normalized spacial score (nSPS) is 32.3. The molecule has 0 aromatic carbocycles. The summed E-state index contributed by atoms with van der Waals surface area (Å²) in [4.78, 5) is 12.2. The fourth-order valence-electron chi connectivity index (χ4n) is 4.43. The number of rotatable bonds is 8. The van der Waals surface area contributed by atoms with Gasteiger partial charge in [0.2, 0.25) is 0 Å². The van der Waals surface area contributed by atoms with Crippen molar-refractivity contribution in [3.8, 4) is 0 Å². The molecule has 2 rings (SSSR count). The van der Waals surface area contributed by atoms with Crippen LogP contribution in [0, 0.1) is 5.92 Å². The average Bonchev–Trinajstić information content (AvgIpc) is 2.69. The molecule has 2 N–H and O–H groups in total. The number of carbonyl (C=O) groups is 1. The van der Waals surface area contributed by atoms with Gasteiger partial charge in [-0.3, -0.25) is 0 Å². The van der Waals surface area contributed by atoms with E-state index in [4.69, 9.17) is 14.2 Å². The van der Waals surface area contributed by atoms with Crippen LogP contribution in [0.5, 0.6) is 0 Å². The van der Waals surface area contributed by atoms with Crippen molar-refractivity contribution >= 4 is 5.97 Å². The lowest BCUT2D eigenvalue weighted by Gasteiger charge is -2.46. The topological polar surface area (TPSA) is 85.2 Å². The lowest BCUT2D eigenvalue weighted by Crippen LogP contribution is -2.60. The second kappa shape index (κ2) is 11.6. The predicted molar refractivity (Wildman–Crippen MR) is 125 cm³/mol. The highest BCUT2D eigenvalue weighted by atomic mass is 16.7. The first-order valence-corrected chi connectivity index (χ1v) is 11.8. The van der Waals surface area contributed by atoms with Gasteiger partial charge in [0.05, 0.1) is 11.7 Å². The third-order valence-electron chi connectivity index (χ3n) is 6.52. The first-order chi connectivity index (χ1) is 14.9. The summed E-state index contributed by atoms with van der Waals surface area (Å²) in [6.45, 7) is 13.7. The molecule has 182 valence electrons. The van der Waals surface area contributed by atoms with E-state index in [2.05, 4.69) is 39.8 Å². The number of hydrogen-bond donors (Lipinski definition) is 2. The summed E-state index contributed by atoms with van der Waals surface area (Å²) >= 11 is 0. The van der Waals surface area contributed by atoms with Crippen LogP contribution in [0.15, 0.2) is 34.9 Å². The number of ether oxygens (including phenoxy) is 3. The van der Waals surface area contributed by atoms with Crippen LogP contribution >= 0.6 is 0 Å². The van der Waals surface area contributed by atoms with E-state index in [1.54, 1.807) is 20.8 Å². The van der Waals surface area contributed by atoms with Gasteiger partial charge in [0.1, 0.15) is 12.2 Å². The monoisotopic (exact) mass is 450 g/mol. The Hall–Kier alpha value is -1.47. The third kappa shape index (κ3) is 7.27. The lowest BCUT2D eigenvalue weighted by atomic mass is 9.76. The second-order valence-corrected chi connectivity index (χ2v) is 10.1. The van der Waals surface area contributed by atoms with Crippen LogP contribution in [-0.4, -0.2) is 52.5 Å². The summed E-state index contributed by atoms with van der Waals surface area (Å²) in [6, 6.07) is 0. The van der Waals surface area contributed by atoms with Gasteiger partial charge in [0.15, 0.2) is 12.4 Å². The first-order valence-electron chi connectivity index (χ1n) is 11.8. The van der Waals surface area contributed by atoms with E-state index in [0.717, 1.165) is 37.7 Å². The molecule has 6 heteroatoms. The number of allylic oxidation sites excluding steroid dienone is 5. The number of carbonyl (C=O) groups excluding carboxylic acids is 1. The van der Waals surface area contributed by atoms with Gasteiger partial charge in [-0.1, -0.05) is 28.9 Å². The summed E-state index contributed by atoms with van der Waals surface area (Å²) < 4.78 is 17.8. The summed E-state index contributed by atoms with van der Waals surface area (Å²) in [5, 5.41) is 21.5. The molecule has 0 aromatic rings. The molecule has 1 aliphatic carbocycles. The highest BCUT2D eigenvalue weighted by Crippen LogP contribution is 2.40. The van der Waals surface area contributed by atoms with Crippen molar-refractivity contribution in [2.24, 2.45) is 5.92 Å². The SMILES string of the molecule is CC(C)=CCC[C@](C)(O[C@@H]1O[C@H](C)[C@H](O)[C@H](OC(=O)C=C(C)C)[C@H]1O)[C@H]1CC=C(C)CC1. The molecular formula is C26H42O6. The zero-order valence-corrected chi connectivity index (χ0v) is 20.8. The Kier molecular flexibility index (Phi) is 9.70. The maximum absolute atomic E-state index is 12.2. The van der Waals surface area contributed by atoms with E-state index in [1.807, 2.05) is 0 Å². The van der Waals surface area contributed by atoms with Gasteiger partial charge in [-0.15, -0.1) is 0 Å². The van der Waals surface area contributed by atoms with Crippen molar-refractivity contribution in [1.82, 2.24) is 0 Å². The molecule has 0 bridgehead atoms. The van der Waals surface area contributed by atoms with Crippen molar-refractivity contribution < 1.29 is 29.2 Å². The highest BCUT2D eigenvalue weighted by Gasteiger charge is 2.49.